The monoisotopic (exact) mass is 775 g/mol. The van der Waals surface area contributed by atoms with E-state index in [-0.39, 0.29) is 50.2 Å². The number of hydrogen-bond donors (Lipinski definition) is 2. The zero-order chi connectivity index (χ0) is 39.4. The topological polar surface area (TPSA) is 136 Å². The number of carbonyl (C=O) groups excluding carboxylic acids is 3. The number of carbonyl (C=O) groups is 3. The molecule has 4 aromatic rings. The van der Waals surface area contributed by atoms with Gasteiger partial charge in [0.05, 0.1) is 45.0 Å². The van der Waals surface area contributed by atoms with E-state index < -0.39 is 30.1 Å². The molecule has 4 aliphatic heterocycles. The first-order valence-electron chi connectivity index (χ1n) is 19.8. The van der Waals surface area contributed by atoms with Crippen LogP contribution in [0.3, 0.4) is 0 Å². The van der Waals surface area contributed by atoms with Crippen molar-refractivity contribution in [3.05, 3.63) is 131 Å². The average molecular weight is 776 g/mol. The molecular weight excluding hydrogens is 727 g/mol. The molecule has 4 aromatic carbocycles. The minimum atomic E-state index is -0.985. The minimum absolute atomic E-state index is 0.0258. The van der Waals surface area contributed by atoms with Crippen molar-refractivity contribution in [2.75, 3.05) is 32.8 Å². The number of alkyl carbamates (subject to hydrolysis) is 1. The van der Waals surface area contributed by atoms with E-state index in [9.17, 15) is 19.5 Å². The number of hydrogen-bond acceptors (Lipinski definition) is 10. The molecule has 1 spiro atoms. The number of piperidine rings is 1. The van der Waals surface area contributed by atoms with Gasteiger partial charge < -0.3 is 39.0 Å². The molecule has 0 aromatic heterocycles. The molecule has 0 radical (unpaired) electrons. The first-order valence-corrected chi connectivity index (χ1v) is 19.8. The molecule has 2 N–H and O–H groups in total. The Morgan fingerprint density at radius 1 is 0.825 bits per heavy atom. The zero-order valence-electron chi connectivity index (χ0n) is 32.1. The van der Waals surface area contributed by atoms with Crippen molar-refractivity contribution in [1.29, 1.82) is 0 Å². The van der Waals surface area contributed by atoms with Gasteiger partial charge in [-0.1, -0.05) is 97.9 Å². The van der Waals surface area contributed by atoms with Gasteiger partial charge in [0, 0.05) is 44.0 Å². The summed E-state index contributed by atoms with van der Waals surface area (Å²) in [5.74, 6) is -1.24. The Hall–Kier alpha value is -4.95. The Bertz CT molecular complexity index is 2030. The number of nitrogens with one attached hydrogen (secondary N) is 1. The SMILES string of the molecule is C[C@@H]1[C@H](CN2CCC3(CC2)OCCO3)O[C@H](c2cccc(-c3cccc(CN4C(=O)CC(NC(=O)OCc5ccccc5)C4=O)c3)c2)O[C@@H]1c1ccc(CO)cc1. The number of likely N-dealkylation sites (tertiary alicyclic amines) is 2. The Morgan fingerprint density at radius 3 is 2.26 bits per heavy atom. The molecule has 12 heteroatoms. The highest BCUT2D eigenvalue weighted by Crippen LogP contribution is 2.43. The lowest BCUT2D eigenvalue weighted by molar-refractivity contribution is -0.278. The smallest absolute Gasteiger partial charge is 0.408 e. The Balaban J connectivity index is 0.954. The standard InChI is InChI=1S/C45H49N3O9/c1-30-39(27-47-19-17-45(18-20-47)54-21-22-55-45)56-43(57-41(30)34-15-13-31(28-49)14-16-34)37-12-6-11-36(24-37)35-10-5-9-33(23-35)26-48-40(50)25-38(42(48)51)46-44(52)53-29-32-7-3-2-4-8-32/h2-16,23-24,30,38-39,41,43,49H,17-22,25-29H2,1H3,(H,46,52)/t30-,38?,39+,41+,43+/m1/s1. The van der Waals surface area contributed by atoms with E-state index in [1.165, 1.54) is 4.90 Å². The number of benzene rings is 4. The summed E-state index contributed by atoms with van der Waals surface area (Å²) >= 11 is 0. The van der Waals surface area contributed by atoms with E-state index in [2.05, 4.69) is 23.2 Å². The van der Waals surface area contributed by atoms with Crippen LogP contribution < -0.4 is 5.32 Å². The predicted octanol–water partition coefficient (Wildman–Crippen LogP) is 6.03. The Kier molecular flexibility index (Phi) is 11.8. The molecule has 0 aliphatic carbocycles. The molecule has 0 saturated carbocycles. The lowest BCUT2D eigenvalue weighted by Gasteiger charge is -2.44. The van der Waals surface area contributed by atoms with Gasteiger partial charge in [0.2, 0.25) is 5.91 Å². The molecule has 0 bridgehead atoms. The van der Waals surface area contributed by atoms with Crippen LogP contribution in [-0.2, 0) is 53.0 Å². The molecule has 8 rings (SSSR count). The highest BCUT2D eigenvalue weighted by molar-refractivity contribution is 6.06. The lowest BCUT2D eigenvalue weighted by Crippen LogP contribution is -2.50. The average Bonchev–Trinajstić information content (AvgIpc) is 3.81. The maximum absolute atomic E-state index is 13.3. The van der Waals surface area contributed by atoms with Crippen molar-refractivity contribution in [3.8, 4) is 11.1 Å². The number of nitrogens with zero attached hydrogens (tertiary/aromatic N) is 2. The normalized spacial score (nSPS) is 24.9. The summed E-state index contributed by atoms with van der Waals surface area (Å²) in [5, 5.41) is 12.2. The van der Waals surface area contributed by atoms with Gasteiger partial charge in [-0.3, -0.25) is 14.5 Å². The summed E-state index contributed by atoms with van der Waals surface area (Å²) in [6.45, 7) is 6.02. The summed E-state index contributed by atoms with van der Waals surface area (Å²) in [7, 11) is 0. The number of aliphatic hydroxyl groups excluding tert-OH is 1. The number of amides is 3. The molecule has 5 atom stereocenters. The van der Waals surface area contributed by atoms with E-state index in [0.717, 1.165) is 71.4 Å². The van der Waals surface area contributed by atoms with Crippen LogP contribution in [0.1, 0.15) is 66.4 Å². The third-order valence-electron chi connectivity index (χ3n) is 11.5. The maximum Gasteiger partial charge on any atom is 0.408 e. The Morgan fingerprint density at radius 2 is 1.53 bits per heavy atom. The third kappa shape index (κ3) is 8.96. The molecule has 12 nitrogen and oxygen atoms in total. The van der Waals surface area contributed by atoms with Gasteiger partial charge in [-0.05, 0) is 45.5 Å². The van der Waals surface area contributed by atoms with Crippen molar-refractivity contribution in [2.45, 2.75) is 76.3 Å². The van der Waals surface area contributed by atoms with E-state index >= 15 is 0 Å². The number of ether oxygens (including phenoxy) is 5. The molecule has 3 amide bonds. The van der Waals surface area contributed by atoms with E-state index in [1.807, 2.05) is 97.1 Å². The summed E-state index contributed by atoms with van der Waals surface area (Å²) in [5.41, 5.74) is 6.16. The Labute approximate surface area is 332 Å². The van der Waals surface area contributed by atoms with Gasteiger partial charge >= 0.3 is 6.09 Å². The predicted molar refractivity (Wildman–Crippen MR) is 209 cm³/mol. The van der Waals surface area contributed by atoms with Gasteiger partial charge in [-0.2, -0.15) is 0 Å². The molecular formula is C45H49N3O9. The van der Waals surface area contributed by atoms with Gasteiger partial charge in [0.1, 0.15) is 12.6 Å². The highest BCUT2D eigenvalue weighted by Gasteiger charge is 2.43. The molecule has 4 saturated heterocycles. The maximum atomic E-state index is 13.3. The molecule has 57 heavy (non-hydrogen) atoms. The first-order chi connectivity index (χ1) is 27.8. The fraction of sp³-hybridized carbons (Fsp3) is 0.400. The summed E-state index contributed by atoms with van der Waals surface area (Å²) in [6.07, 6.45) is -0.248. The van der Waals surface area contributed by atoms with Crippen molar-refractivity contribution in [2.24, 2.45) is 5.92 Å². The van der Waals surface area contributed by atoms with E-state index in [1.54, 1.807) is 0 Å². The number of aliphatic hydroxyl groups is 1. The molecule has 4 aliphatic rings. The lowest BCUT2D eigenvalue weighted by atomic mass is 9.89. The van der Waals surface area contributed by atoms with Gasteiger partial charge in [-0.25, -0.2) is 4.79 Å². The summed E-state index contributed by atoms with van der Waals surface area (Å²) in [4.78, 5) is 42.4. The van der Waals surface area contributed by atoms with Crippen LogP contribution in [0, 0.1) is 5.92 Å². The van der Waals surface area contributed by atoms with Crippen LogP contribution in [0.5, 0.6) is 0 Å². The fourth-order valence-corrected chi connectivity index (χ4v) is 8.21. The van der Waals surface area contributed by atoms with Gasteiger partial charge in [-0.15, -0.1) is 0 Å². The van der Waals surface area contributed by atoms with Crippen molar-refractivity contribution in [3.63, 3.8) is 0 Å². The van der Waals surface area contributed by atoms with Crippen molar-refractivity contribution in [1.82, 2.24) is 15.1 Å². The van der Waals surface area contributed by atoms with Crippen LogP contribution >= 0.6 is 0 Å². The van der Waals surface area contributed by atoms with Gasteiger partial charge in [0.15, 0.2) is 12.1 Å². The second-order valence-corrected chi connectivity index (χ2v) is 15.3. The second kappa shape index (κ2) is 17.3. The second-order valence-electron chi connectivity index (χ2n) is 15.3. The summed E-state index contributed by atoms with van der Waals surface area (Å²) in [6, 6.07) is 32.0. The molecule has 4 heterocycles. The van der Waals surface area contributed by atoms with Crippen LogP contribution in [0.4, 0.5) is 4.79 Å². The van der Waals surface area contributed by atoms with Crippen LogP contribution in [0.25, 0.3) is 11.1 Å². The molecule has 1 unspecified atom stereocenters. The van der Waals surface area contributed by atoms with Gasteiger partial charge in [0.25, 0.3) is 5.91 Å². The number of rotatable bonds is 11. The van der Waals surface area contributed by atoms with Crippen molar-refractivity contribution >= 4 is 17.9 Å². The van der Waals surface area contributed by atoms with E-state index in [0.29, 0.717) is 13.2 Å². The van der Waals surface area contributed by atoms with E-state index in [4.69, 9.17) is 23.7 Å². The molecule has 4 fully saturated rings. The third-order valence-corrected chi connectivity index (χ3v) is 11.5. The number of imide groups is 1. The van der Waals surface area contributed by atoms with Crippen molar-refractivity contribution < 1.29 is 43.2 Å². The quantitative estimate of drug-likeness (QED) is 0.174. The summed E-state index contributed by atoms with van der Waals surface area (Å²) < 4.78 is 30.8. The first kappa shape index (κ1) is 38.9. The molecule has 298 valence electrons. The fourth-order valence-electron chi connectivity index (χ4n) is 8.21. The highest BCUT2D eigenvalue weighted by atomic mass is 16.7. The zero-order valence-corrected chi connectivity index (χ0v) is 32.1. The largest absolute Gasteiger partial charge is 0.445 e. The minimum Gasteiger partial charge on any atom is -0.445 e. The van der Waals surface area contributed by atoms with Crippen LogP contribution in [-0.4, -0.2) is 83.6 Å². The van der Waals surface area contributed by atoms with Crippen LogP contribution in [0.15, 0.2) is 103 Å². The van der Waals surface area contributed by atoms with Crippen LogP contribution in [0.2, 0.25) is 0 Å².